The Morgan fingerprint density at radius 2 is 1.60 bits per heavy atom. The van der Waals surface area contributed by atoms with Crippen molar-refractivity contribution >= 4 is 16.1 Å². The third-order valence-corrected chi connectivity index (χ3v) is 5.38. The first-order valence-corrected chi connectivity index (χ1v) is 10.9. The van der Waals surface area contributed by atoms with Crippen molar-refractivity contribution in [2.45, 2.75) is 31.3 Å². The van der Waals surface area contributed by atoms with Crippen molar-refractivity contribution in [1.29, 1.82) is 0 Å². The second kappa shape index (κ2) is 10.8. The predicted molar refractivity (Wildman–Crippen MR) is 113 cm³/mol. The Kier molecular flexibility index (Phi) is 8.49. The van der Waals surface area contributed by atoms with E-state index in [1.165, 1.54) is 19.2 Å². The molecule has 0 aromatic heterocycles. The summed E-state index contributed by atoms with van der Waals surface area (Å²) in [6.07, 6.45) is 0. The molecule has 1 N–H and O–H groups in total. The van der Waals surface area contributed by atoms with Crippen LogP contribution in [0.25, 0.3) is 0 Å². The van der Waals surface area contributed by atoms with E-state index in [2.05, 4.69) is 5.32 Å². The largest absolute Gasteiger partial charge is 0.497 e. The standard InChI is InChI=1S/C21H28N2O6S/c1-16(2)22-21(24)23(13-14-27-3)15-17-5-7-19(8-6-17)29-30(25,26)20-11-9-18(28-4)10-12-20/h5-12,16H,13-15H2,1-4H3,(H,22,24). The summed E-state index contributed by atoms with van der Waals surface area (Å²) in [5, 5.41) is 2.86. The molecule has 2 amide bonds. The summed E-state index contributed by atoms with van der Waals surface area (Å²) >= 11 is 0. The first kappa shape index (κ1) is 23.5. The zero-order valence-corrected chi connectivity index (χ0v) is 18.4. The SMILES string of the molecule is COCCN(Cc1ccc(OS(=O)(=O)c2ccc(OC)cc2)cc1)C(=O)NC(C)C. The van der Waals surface area contributed by atoms with Gasteiger partial charge in [0.25, 0.3) is 0 Å². The Balaban J connectivity index is 2.07. The van der Waals surface area contributed by atoms with E-state index in [0.717, 1.165) is 5.56 Å². The van der Waals surface area contributed by atoms with E-state index < -0.39 is 10.1 Å². The van der Waals surface area contributed by atoms with Crippen LogP contribution in [0.3, 0.4) is 0 Å². The molecule has 0 radical (unpaired) electrons. The van der Waals surface area contributed by atoms with Crippen LogP contribution in [0.4, 0.5) is 4.79 Å². The lowest BCUT2D eigenvalue weighted by molar-refractivity contribution is 0.145. The van der Waals surface area contributed by atoms with Crippen molar-refractivity contribution in [2.75, 3.05) is 27.4 Å². The molecule has 0 saturated heterocycles. The van der Waals surface area contributed by atoms with Crippen molar-refractivity contribution in [3.8, 4) is 11.5 Å². The Morgan fingerprint density at radius 3 is 2.13 bits per heavy atom. The molecule has 0 fully saturated rings. The molecule has 30 heavy (non-hydrogen) atoms. The summed E-state index contributed by atoms with van der Waals surface area (Å²) in [7, 11) is -0.878. The van der Waals surface area contributed by atoms with Crippen LogP contribution in [-0.4, -0.2) is 52.8 Å². The number of methoxy groups -OCH3 is 2. The molecule has 164 valence electrons. The quantitative estimate of drug-likeness (QED) is 0.576. The topological polar surface area (TPSA) is 94.2 Å². The van der Waals surface area contributed by atoms with Crippen LogP contribution in [0.5, 0.6) is 11.5 Å². The molecule has 0 aliphatic carbocycles. The summed E-state index contributed by atoms with van der Waals surface area (Å²) in [6, 6.07) is 12.3. The fourth-order valence-electron chi connectivity index (χ4n) is 2.58. The van der Waals surface area contributed by atoms with Gasteiger partial charge in [-0.3, -0.25) is 0 Å². The molecule has 9 heteroatoms. The fourth-order valence-corrected chi connectivity index (χ4v) is 3.51. The summed E-state index contributed by atoms with van der Waals surface area (Å²) < 4.78 is 40.2. The lowest BCUT2D eigenvalue weighted by atomic mass is 10.2. The van der Waals surface area contributed by atoms with Crippen LogP contribution in [0.1, 0.15) is 19.4 Å². The summed E-state index contributed by atoms with van der Waals surface area (Å²) in [4.78, 5) is 14.0. The third kappa shape index (κ3) is 6.93. The van der Waals surface area contributed by atoms with Gasteiger partial charge in [-0.2, -0.15) is 8.42 Å². The van der Waals surface area contributed by atoms with Gasteiger partial charge < -0.3 is 23.9 Å². The highest BCUT2D eigenvalue weighted by molar-refractivity contribution is 7.87. The van der Waals surface area contributed by atoms with E-state index in [4.69, 9.17) is 13.7 Å². The number of hydrogen-bond acceptors (Lipinski definition) is 6. The fraction of sp³-hybridized carbons (Fsp3) is 0.381. The summed E-state index contributed by atoms with van der Waals surface area (Å²) in [6.45, 7) is 4.98. The van der Waals surface area contributed by atoms with Crippen molar-refractivity contribution in [2.24, 2.45) is 0 Å². The van der Waals surface area contributed by atoms with Gasteiger partial charge in [0.05, 0.1) is 13.7 Å². The first-order valence-electron chi connectivity index (χ1n) is 9.47. The molecule has 0 spiro atoms. The Hall–Kier alpha value is -2.78. The van der Waals surface area contributed by atoms with Gasteiger partial charge >= 0.3 is 16.1 Å². The molecule has 2 rings (SSSR count). The molecule has 8 nitrogen and oxygen atoms in total. The molecular formula is C21H28N2O6S. The Morgan fingerprint density at radius 1 is 1.00 bits per heavy atom. The molecular weight excluding hydrogens is 408 g/mol. The Labute approximate surface area is 177 Å². The highest BCUT2D eigenvalue weighted by atomic mass is 32.2. The molecule has 0 saturated carbocycles. The predicted octanol–water partition coefficient (Wildman–Crippen LogP) is 3.03. The van der Waals surface area contributed by atoms with Crippen LogP contribution in [0.15, 0.2) is 53.4 Å². The van der Waals surface area contributed by atoms with Gasteiger partial charge in [0.1, 0.15) is 16.4 Å². The number of ether oxygens (including phenoxy) is 2. The van der Waals surface area contributed by atoms with Crippen molar-refractivity contribution in [1.82, 2.24) is 10.2 Å². The van der Waals surface area contributed by atoms with E-state index in [1.54, 1.807) is 48.4 Å². The zero-order chi connectivity index (χ0) is 22.1. The maximum absolute atomic E-state index is 12.4. The number of rotatable bonds is 10. The minimum atomic E-state index is -3.96. The molecule has 2 aromatic carbocycles. The van der Waals surface area contributed by atoms with Crippen LogP contribution in [-0.2, 0) is 21.4 Å². The average molecular weight is 437 g/mol. The highest BCUT2D eigenvalue weighted by Crippen LogP contribution is 2.21. The summed E-state index contributed by atoms with van der Waals surface area (Å²) in [5.41, 5.74) is 0.833. The maximum atomic E-state index is 12.4. The van der Waals surface area contributed by atoms with Crippen LogP contribution >= 0.6 is 0 Å². The number of benzene rings is 2. The van der Waals surface area contributed by atoms with E-state index in [-0.39, 0.29) is 22.7 Å². The molecule has 0 aliphatic heterocycles. The van der Waals surface area contributed by atoms with Gasteiger partial charge in [-0.05, 0) is 55.8 Å². The minimum Gasteiger partial charge on any atom is -0.497 e. The van der Waals surface area contributed by atoms with Crippen LogP contribution in [0, 0.1) is 0 Å². The number of nitrogens with zero attached hydrogens (tertiary/aromatic N) is 1. The smallest absolute Gasteiger partial charge is 0.339 e. The zero-order valence-electron chi connectivity index (χ0n) is 17.6. The van der Waals surface area contributed by atoms with Gasteiger partial charge in [-0.1, -0.05) is 12.1 Å². The number of amides is 2. The number of carbonyl (C=O) groups is 1. The number of urea groups is 1. The number of carbonyl (C=O) groups excluding carboxylic acids is 1. The second-order valence-corrected chi connectivity index (χ2v) is 8.42. The minimum absolute atomic E-state index is 0.0153. The highest BCUT2D eigenvalue weighted by Gasteiger charge is 2.18. The summed E-state index contributed by atoms with van der Waals surface area (Å²) in [5.74, 6) is 0.738. The van der Waals surface area contributed by atoms with Gasteiger partial charge in [-0.25, -0.2) is 4.79 Å². The van der Waals surface area contributed by atoms with Gasteiger partial charge in [-0.15, -0.1) is 0 Å². The van der Waals surface area contributed by atoms with Crippen molar-refractivity contribution in [3.63, 3.8) is 0 Å². The van der Waals surface area contributed by atoms with E-state index >= 15 is 0 Å². The van der Waals surface area contributed by atoms with E-state index in [1.807, 2.05) is 13.8 Å². The molecule has 0 unspecified atom stereocenters. The Bertz CT molecular complexity index is 912. The van der Waals surface area contributed by atoms with Gasteiger partial charge in [0.2, 0.25) is 0 Å². The molecule has 0 atom stereocenters. The molecule has 0 bridgehead atoms. The maximum Gasteiger partial charge on any atom is 0.339 e. The average Bonchev–Trinajstić information content (AvgIpc) is 2.71. The number of hydrogen-bond donors (Lipinski definition) is 1. The monoisotopic (exact) mass is 436 g/mol. The van der Waals surface area contributed by atoms with Crippen LogP contribution < -0.4 is 14.2 Å². The van der Waals surface area contributed by atoms with E-state index in [9.17, 15) is 13.2 Å². The molecule has 2 aromatic rings. The van der Waals surface area contributed by atoms with Crippen molar-refractivity contribution in [3.05, 3.63) is 54.1 Å². The van der Waals surface area contributed by atoms with E-state index in [0.29, 0.717) is 25.4 Å². The van der Waals surface area contributed by atoms with Crippen molar-refractivity contribution < 1.29 is 26.9 Å². The number of nitrogens with one attached hydrogen (secondary N) is 1. The molecule has 0 aliphatic rings. The lowest BCUT2D eigenvalue weighted by Gasteiger charge is -2.24. The first-order chi connectivity index (χ1) is 14.2. The van der Waals surface area contributed by atoms with Gasteiger partial charge in [0.15, 0.2) is 0 Å². The van der Waals surface area contributed by atoms with Gasteiger partial charge in [0, 0.05) is 26.2 Å². The molecule has 0 heterocycles. The second-order valence-electron chi connectivity index (χ2n) is 6.88. The lowest BCUT2D eigenvalue weighted by Crippen LogP contribution is -2.43. The third-order valence-electron chi connectivity index (χ3n) is 4.12. The van der Waals surface area contributed by atoms with Crippen LogP contribution in [0.2, 0.25) is 0 Å². The normalized spacial score (nSPS) is 11.2.